The molecule has 5 fully saturated rings. The van der Waals surface area contributed by atoms with Crippen LogP contribution in [0.25, 0.3) is 0 Å². The third-order valence-electron chi connectivity index (χ3n) is 29.2. The first kappa shape index (κ1) is 111. The van der Waals surface area contributed by atoms with E-state index in [0.717, 1.165) is 0 Å². The van der Waals surface area contributed by atoms with Crippen molar-refractivity contribution in [3.63, 3.8) is 0 Å². The number of fused-ring (bicyclic) bond motifs is 6. The molecule has 5 heterocycles. The Balaban J connectivity index is 0.000000186. The van der Waals surface area contributed by atoms with Crippen LogP contribution in [-0.4, -0.2) is 290 Å². The number of hydrogen-bond acceptors (Lipinski definition) is 41. The van der Waals surface area contributed by atoms with Gasteiger partial charge in [-0.3, -0.25) is 72.0 Å². The van der Waals surface area contributed by atoms with Gasteiger partial charge in [0.05, 0.1) is 101 Å². The molecule has 4 aromatic rings. The van der Waals surface area contributed by atoms with Crippen LogP contribution in [0, 0.1) is 16.2 Å². The SMILES string of the molecule is COc1cccc2c1C(=O)c1c(O)c3c(c(O)c1C2=O)C[C@@](O)(C(=O)CO)CC3O[C@H]1C[C@H](NC(=O)O[C@H]2/C=C/CC[C@@](C)(C(=O)CCC(=O)O)CC2)[C@H](O)[C@H](C)O1.COc1cccc2c1C(=O)c1c(O)c3c(c(O)c1C2=O)C[C@@](O)(C(=O)CO)CC3O[C@H]1C[C@H](NC(=O)O[C@H]2/C=C/CC[C@@](C)(C(=O)ON3C(=O)CCC3=O)CC2)[C@H](O)[C@H](C)O1.C[C@@]1(C(=O)ON2C(=O)CCC2=O)CC/C=C/[C@H](OC(=O)ON2C(=O)CCC2=O)CC1. The molecule has 4 aromatic carbocycles. The largest absolute Gasteiger partial charge is 0.534 e. The van der Waals surface area contributed by atoms with E-state index in [-0.39, 0.29) is 158 Å². The number of allylic oxidation sites excluding steroid dienone is 3. The number of aliphatic hydroxyl groups is 6. The number of carboxylic acid groups (broad SMARTS) is 1. The number of carbonyl (C=O) groups excluding carboxylic acids is 18. The fourth-order valence-corrected chi connectivity index (χ4v) is 20.4. The zero-order valence-corrected chi connectivity index (χ0v) is 82.1. The number of amides is 8. The van der Waals surface area contributed by atoms with Crippen molar-refractivity contribution >= 4 is 112 Å². The number of alkyl carbamates (subject to hydrolysis) is 2. The van der Waals surface area contributed by atoms with Gasteiger partial charge in [-0.15, -0.1) is 10.1 Å². The molecule has 0 bridgehead atoms. The molecule has 47 nitrogen and oxygen atoms in total. The first-order chi connectivity index (χ1) is 70.5. The number of rotatable bonds is 24. The van der Waals surface area contributed by atoms with Crippen LogP contribution in [0.2, 0.25) is 0 Å². The number of carbonyl (C=O) groups is 19. The molecule has 800 valence electrons. The maximum absolute atomic E-state index is 14.0. The summed E-state index contributed by atoms with van der Waals surface area (Å²) in [6.45, 7) is 5.81. The number of Topliss-reactive ketones (excluding diaryl/α,β-unsaturated/α-hetero) is 3. The monoisotopic (exact) mass is 2080 g/mol. The second-order valence-electron chi connectivity index (χ2n) is 39.4. The van der Waals surface area contributed by atoms with Gasteiger partial charge in [0.15, 0.2) is 35.7 Å². The molecule has 0 radical (unpaired) electrons. The van der Waals surface area contributed by atoms with Crippen LogP contribution in [0.15, 0.2) is 72.9 Å². The summed E-state index contributed by atoms with van der Waals surface area (Å²) in [7, 11) is 2.58. The number of phenols is 4. The third kappa shape index (κ3) is 23.0. The van der Waals surface area contributed by atoms with Crippen LogP contribution in [0.1, 0.15) is 287 Å². The molecule has 0 aromatic heterocycles. The van der Waals surface area contributed by atoms with Crippen LogP contribution < -0.4 is 20.1 Å². The van der Waals surface area contributed by atoms with Crippen molar-refractivity contribution in [2.24, 2.45) is 16.2 Å². The first-order valence-corrected chi connectivity index (χ1v) is 48.6. The Bertz CT molecular complexity index is 6170. The molecule has 5 aliphatic heterocycles. The minimum atomic E-state index is -2.39. The highest BCUT2D eigenvalue weighted by Crippen LogP contribution is 2.56. The normalized spacial score (nSPS) is 29.7. The van der Waals surface area contributed by atoms with E-state index >= 15 is 0 Å². The number of nitrogens with one attached hydrogen (secondary N) is 2. The predicted molar refractivity (Wildman–Crippen MR) is 498 cm³/mol. The number of hydrogen-bond donors (Lipinski definition) is 13. The Labute approximate surface area is 848 Å². The lowest BCUT2D eigenvalue weighted by Crippen LogP contribution is -2.56. The smallest absolute Gasteiger partial charge is 0.507 e. The second kappa shape index (κ2) is 45.1. The second-order valence-corrected chi connectivity index (χ2v) is 39.4. The Kier molecular flexibility index (Phi) is 33.4. The number of phenolic OH excluding ortho intramolecular Hbond substituents is 4. The molecule has 149 heavy (non-hydrogen) atoms. The molecule has 0 spiro atoms. The van der Waals surface area contributed by atoms with Crippen LogP contribution in [0.5, 0.6) is 34.5 Å². The molecular weight excluding hydrogens is 1970 g/mol. The van der Waals surface area contributed by atoms with E-state index in [9.17, 15) is 142 Å². The topological polar surface area (TPSA) is 691 Å². The molecular formula is C102H115N5O42. The van der Waals surface area contributed by atoms with E-state index in [1.54, 1.807) is 57.2 Å². The standard InChI is InChI=1S/C42H46N2O17.C41H47NO16.C19H22N2O9/c1-19-34(49)23(43-40(55)59-20-7-4-5-13-41(2,14-12-20)39(54)61-44-27(47)10-11-28(44)48)15-29(58-19)60-25-17-42(56,26(46)18-45)16-22-31(25)38(53)33-32(36(22)51)35(50)21-8-6-9-24(57-3)30(21)37(33)52;1-19-34(48)23(42-39(53)57-20-7-4-5-13-40(2,14-12-20)26(44)10-11-28(46)47)15-29(56-19)58-25-17-41(54,27(45)18-43)16-22-31(25)38(52)33-32(36(22)50)35(49)21-8-6-9-24(55-3)30(21)37(33)51;1-19(17(26)29-20-13(22)5-6-14(20)23)10-3-2-4-12(9-11-19)28-18(27)30-21-15(24)7-8-16(21)25/h4,6-9,19-20,23,25,29,34,45,49,51,53,56H,5,10-18H2,1-3H3,(H,43,55);4,6-9,19-20,23,25,29,34,43,48,50,52,54H,5,10-18H2,1-3H3,(H,42,53)(H,46,47);2,4,12H,3,5-11H2,1H3/b2*7-4+;4-2+/t19-,20-,23-,25?,29-,34+,41+,42-;19-,20-,23-,25?,29-,34+,40+,41-;12-,19+/m000/s1. The summed E-state index contributed by atoms with van der Waals surface area (Å²) >= 11 is 0. The maximum atomic E-state index is 14.0. The summed E-state index contributed by atoms with van der Waals surface area (Å²) in [5, 5.41) is 127. The van der Waals surface area contributed by atoms with Crippen LogP contribution >= 0.6 is 0 Å². The van der Waals surface area contributed by atoms with Gasteiger partial charge in [0.1, 0.15) is 95.2 Å². The molecule has 12 aliphatic rings. The van der Waals surface area contributed by atoms with E-state index in [2.05, 4.69) is 15.5 Å². The van der Waals surface area contributed by atoms with Gasteiger partial charge in [-0.25, -0.2) is 24.0 Å². The molecule has 13 N–H and O–H groups in total. The van der Waals surface area contributed by atoms with Gasteiger partial charge in [-0.2, -0.15) is 0 Å². The highest BCUT2D eigenvalue weighted by atomic mass is 16.8. The van der Waals surface area contributed by atoms with Gasteiger partial charge >= 0.3 is 36.2 Å². The summed E-state index contributed by atoms with van der Waals surface area (Å²) in [6, 6.07) is 6.38. The quantitative estimate of drug-likeness (QED) is 0.0110. The summed E-state index contributed by atoms with van der Waals surface area (Å²) in [5.41, 5.74) is -11.5. The van der Waals surface area contributed by atoms with Gasteiger partial charge in [-0.05, 0) is 135 Å². The van der Waals surface area contributed by atoms with Crippen LogP contribution in [-0.2, 0) is 118 Å². The summed E-state index contributed by atoms with van der Waals surface area (Å²) in [6.07, 6.45) is -5.19. The number of ether oxygens (including phenoxy) is 9. The maximum Gasteiger partial charge on any atom is 0.534 e. The fraction of sp³-hybridized carbons (Fsp3) is 0.520. The van der Waals surface area contributed by atoms with Crippen molar-refractivity contribution < 1.29 is 204 Å². The van der Waals surface area contributed by atoms with E-state index < -0.39 is 298 Å². The number of aliphatic carboxylic acids is 1. The zero-order valence-electron chi connectivity index (χ0n) is 82.1. The van der Waals surface area contributed by atoms with Crippen molar-refractivity contribution in [2.75, 3.05) is 27.4 Å². The van der Waals surface area contributed by atoms with Crippen molar-refractivity contribution in [3.8, 4) is 34.5 Å². The summed E-state index contributed by atoms with van der Waals surface area (Å²) in [4.78, 5) is 255. The Morgan fingerprint density at radius 1 is 0.436 bits per heavy atom. The van der Waals surface area contributed by atoms with E-state index in [0.29, 0.717) is 60.1 Å². The average molecular weight is 2080 g/mol. The minimum Gasteiger partial charge on any atom is -0.507 e. The lowest BCUT2D eigenvalue weighted by atomic mass is 9.72. The van der Waals surface area contributed by atoms with E-state index in [4.69, 9.17) is 57.4 Å². The minimum absolute atomic E-state index is 0.00557. The number of aromatic hydroxyl groups is 4. The van der Waals surface area contributed by atoms with Gasteiger partial charge in [0.25, 0.3) is 35.4 Å². The molecule has 16 rings (SSSR count). The molecule has 47 heteroatoms. The highest BCUT2D eigenvalue weighted by molar-refractivity contribution is 6.33. The molecule has 18 atom stereocenters. The summed E-state index contributed by atoms with van der Waals surface area (Å²) < 4.78 is 51.4. The highest BCUT2D eigenvalue weighted by Gasteiger charge is 2.56. The van der Waals surface area contributed by atoms with Crippen LogP contribution in [0.4, 0.5) is 14.4 Å². The number of ketones is 7. The Hall–Kier alpha value is -14.2. The number of carboxylic acids is 1. The molecule has 7 aliphatic carbocycles. The number of methoxy groups -OCH3 is 2. The fourth-order valence-electron chi connectivity index (χ4n) is 20.4. The van der Waals surface area contributed by atoms with Gasteiger partial charge in [-0.1, -0.05) is 54.5 Å². The van der Waals surface area contributed by atoms with E-state index in [1.807, 2.05) is 0 Å². The predicted octanol–water partition coefficient (Wildman–Crippen LogP) is 5.90. The van der Waals surface area contributed by atoms with Crippen LogP contribution in [0.3, 0.4) is 0 Å². The van der Waals surface area contributed by atoms with Crippen molar-refractivity contribution in [2.45, 2.75) is 292 Å². The van der Waals surface area contributed by atoms with Gasteiger partial charge in [0.2, 0.25) is 11.6 Å². The third-order valence-corrected chi connectivity index (χ3v) is 29.2. The number of benzene rings is 4. The van der Waals surface area contributed by atoms with Gasteiger partial charge in [0, 0.05) is 122 Å². The zero-order chi connectivity index (χ0) is 108. The lowest BCUT2D eigenvalue weighted by Gasteiger charge is -2.42. The molecule has 0 saturated carbocycles. The Morgan fingerprint density at radius 3 is 1.13 bits per heavy atom. The molecule has 5 saturated heterocycles. The molecule has 2 unspecified atom stereocenters. The molecule has 8 amide bonds. The van der Waals surface area contributed by atoms with Gasteiger partial charge < -0.3 is 119 Å². The average Bonchev–Trinajstić information content (AvgIpc) is 1.48. The number of imide groups is 3. The first-order valence-electron chi connectivity index (χ1n) is 48.6. The summed E-state index contributed by atoms with van der Waals surface area (Å²) in [5.74, 6) is -14.8. The van der Waals surface area contributed by atoms with Crippen molar-refractivity contribution in [3.05, 3.63) is 140 Å². The van der Waals surface area contributed by atoms with Crippen molar-refractivity contribution in [1.29, 1.82) is 0 Å². The Morgan fingerprint density at radius 2 is 0.779 bits per heavy atom. The number of hydroxylamine groups is 6. The van der Waals surface area contributed by atoms with Crippen molar-refractivity contribution in [1.82, 2.24) is 25.8 Å². The lowest BCUT2D eigenvalue weighted by molar-refractivity contribution is -0.249. The number of aliphatic hydroxyl groups excluding tert-OH is 4. The van der Waals surface area contributed by atoms with E-state index in [1.165, 1.54) is 64.5 Å². The number of nitrogens with zero attached hydrogens (tertiary/aromatic N) is 3.